The van der Waals surface area contributed by atoms with Crippen molar-refractivity contribution in [3.05, 3.63) is 40.4 Å². The molecule has 0 amide bonds. The Kier molecular flexibility index (Phi) is 9.41. The highest BCUT2D eigenvalue weighted by Gasteiger charge is 2.07. The van der Waals surface area contributed by atoms with Gasteiger partial charge in [-0.3, -0.25) is 0 Å². The van der Waals surface area contributed by atoms with Gasteiger partial charge >= 0.3 is 11.9 Å². The van der Waals surface area contributed by atoms with Crippen molar-refractivity contribution in [2.24, 2.45) is 0 Å². The molecule has 6 heteroatoms. The van der Waals surface area contributed by atoms with Crippen LogP contribution in [0.3, 0.4) is 0 Å². The molecular weight excluding hydrogens is 339 g/mol. The van der Waals surface area contributed by atoms with Crippen LogP contribution in [0.4, 0.5) is 0 Å². The minimum atomic E-state index is -0.728. The van der Waals surface area contributed by atoms with Crippen LogP contribution in [0.25, 0.3) is 0 Å². The highest BCUT2D eigenvalue weighted by atomic mass is 35.5. The quantitative estimate of drug-likeness (QED) is 0.270. The molecule has 0 N–H and O–H groups in total. The first-order valence-corrected chi connectivity index (χ1v) is 8.30. The summed E-state index contributed by atoms with van der Waals surface area (Å²) in [7, 11) is 0. The molecule has 0 aliphatic rings. The Morgan fingerprint density at radius 3 is 2.48 bits per heavy atom. The third kappa shape index (κ3) is 8.62. The Morgan fingerprint density at radius 2 is 1.74 bits per heavy atom. The summed E-state index contributed by atoms with van der Waals surface area (Å²) in [5, 5.41) is 0.648. The molecule has 0 radical (unpaired) electrons. The SMILES string of the molecule is CCCCCCCOC(=O)/C=C/C(=O)Oc1cc(Cl)ccc1Cl. The molecule has 0 heterocycles. The fourth-order valence-electron chi connectivity index (χ4n) is 1.76. The molecule has 0 saturated heterocycles. The number of benzene rings is 1. The van der Waals surface area contributed by atoms with E-state index in [1.165, 1.54) is 25.0 Å². The van der Waals surface area contributed by atoms with E-state index >= 15 is 0 Å². The van der Waals surface area contributed by atoms with Crippen LogP contribution < -0.4 is 4.74 Å². The molecule has 0 atom stereocenters. The first-order chi connectivity index (χ1) is 11.0. The zero-order valence-corrected chi connectivity index (χ0v) is 14.5. The number of carbonyl (C=O) groups is 2. The predicted octanol–water partition coefficient (Wildman–Crippen LogP) is 4.97. The van der Waals surface area contributed by atoms with Crippen molar-refractivity contribution in [3.8, 4) is 5.75 Å². The molecule has 0 aromatic heterocycles. The first kappa shape index (κ1) is 19.5. The molecule has 1 rings (SSSR count). The normalized spacial score (nSPS) is 10.7. The van der Waals surface area contributed by atoms with Crippen molar-refractivity contribution in [2.75, 3.05) is 6.61 Å². The molecule has 0 fully saturated rings. The topological polar surface area (TPSA) is 52.6 Å². The van der Waals surface area contributed by atoms with Gasteiger partial charge < -0.3 is 9.47 Å². The smallest absolute Gasteiger partial charge is 0.336 e. The minimum Gasteiger partial charge on any atom is -0.463 e. The van der Waals surface area contributed by atoms with Gasteiger partial charge in [0.1, 0.15) is 0 Å². The van der Waals surface area contributed by atoms with E-state index in [9.17, 15) is 9.59 Å². The number of esters is 2. The summed E-state index contributed by atoms with van der Waals surface area (Å²) in [6, 6.07) is 4.52. The van der Waals surface area contributed by atoms with Crippen molar-refractivity contribution >= 4 is 35.1 Å². The third-order valence-electron chi connectivity index (χ3n) is 2.95. The van der Waals surface area contributed by atoms with Crippen LogP contribution in [0.1, 0.15) is 39.0 Å². The highest BCUT2D eigenvalue weighted by molar-refractivity contribution is 6.34. The minimum absolute atomic E-state index is 0.137. The molecule has 23 heavy (non-hydrogen) atoms. The number of hydrogen-bond donors (Lipinski definition) is 0. The second kappa shape index (κ2) is 11.1. The monoisotopic (exact) mass is 358 g/mol. The van der Waals surface area contributed by atoms with E-state index in [0.29, 0.717) is 11.6 Å². The van der Waals surface area contributed by atoms with E-state index in [0.717, 1.165) is 31.4 Å². The van der Waals surface area contributed by atoms with Crippen LogP contribution in [0, 0.1) is 0 Å². The van der Waals surface area contributed by atoms with E-state index in [-0.39, 0.29) is 10.8 Å². The maximum atomic E-state index is 11.6. The number of hydrogen-bond acceptors (Lipinski definition) is 4. The summed E-state index contributed by atoms with van der Waals surface area (Å²) in [6.45, 7) is 2.49. The fraction of sp³-hybridized carbons (Fsp3) is 0.412. The second-order valence-corrected chi connectivity index (χ2v) is 5.75. The number of halogens is 2. The Balaban J connectivity index is 2.31. The molecule has 126 valence electrons. The zero-order chi connectivity index (χ0) is 17.1. The predicted molar refractivity (Wildman–Crippen MR) is 91.0 cm³/mol. The zero-order valence-electron chi connectivity index (χ0n) is 13.0. The van der Waals surface area contributed by atoms with Gasteiger partial charge in [0.25, 0.3) is 0 Å². The van der Waals surface area contributed by atoms with Crippen LogP contribution >= 0.6 is 23.2 Å². The highest BCUT2D eigenvalue weighted by Crippen LogP contribution is 2.27. The maximum Gasteiger partial charge on any atom is 0.336 e. The van der Waals surface area contributed by atoms with E-state index in [2.05, 4.69) is 6.92 Å². The molecule has 1 aromatic carbocycles. The number of rotatable bonds is 9. The average Bonchev–Trinajstić information content (AvgIpc) is 2.52. The molecule has 0 aliphatic carbocycles. The number of carbonyl (C=O) groups excluding carboxylic acids is 2. The molecule has 0 saturated carbocycles. The first-order valence-electron chi connectivity index (χ1n) is 7.54. The van der Waals surface area contributed by atoms with E-state index in [1.54, 1.807) is 6.07 Å². The lowest BCUT2D eigenvalue weighted by molar-refractivity contribution is -0.138. The summed E-state index contributed by atoms with van der Waals surface area (Å²) in [5.74, 6) is -1.16. The van der Waals surface area contributed by atoms with Crippen LogP contribution in [-0.4, -0.2) is 18.5 Å². The molecule has 0 unspecified atom stereocenters. The molecular formula is C17H20Cl2O4. The Morgan fingerprint density at radius 1 is 1.04 bits per heavy atom. The molecule has 0 spiro atoms. The van der Waals surface area contributed by atoms with E-state index in [4.69, 9.17) is 32.7 Å². The van der Waals surface area contributed by atoms with Gasteiger partial charge in [-0.25, -0.2) is 9.59 Å². The van der Waals surface area contributed by atoms with Crippen LogP contribution in [0.2, 0.25) is 10.0 Å². The van der Waals surface area contributed by atoms with Gasteiger partial charge in [0.15, 0.2) is 5.75 Å². The summed E-state index contributed by atoms with van der Waals surface area (Å²) < 4.78 is 9.98. The van der Waals surface area contributed by atoms with Crippen molar-refractivity contribution < 1.29 is 19.1 Å². The van der Waals surface area contributed by atoms with Crippen molar-refractivity contribution in [3.63, 3.8) is 0 Å². The van der Waals surface area contributed by atoms with E-state index < -0.39 is 11.9 Å². The second-order valence-electron chi connectivity index (χ2n) is 4.91. The lowest BCUT2D eigenvalue weighted by atomic mass is 10.2. The molecule has 0 aliphatic heterocycles. The van der Waals surface area contributed by atoms with E-state index in [1.807, 2.05) is 0 Å². The number of ether oxygens (including phenoxy) is 2. The Hall–Kier alpha value is -1.52. The Bertz CT molecular complexity index is 556. The molecule has 1 aromatic rings. The summed E-state index contributed by atoms with van der Waals surface area (Å²) in [5.41, 5.74) is 0. The summed E-state index contributed by atoms with van der Waals surface area (Å²) in [6.07, 6.45) is 7.37. The van der Waals surface area contributed by atoms with Crippen LogP contribution in [0.15, 0.2) is 30.4 Å². The summed E-state index contributed by atoms with van der Waals surface area (Å²) in [4.78, 5) is 23.1. The van der Waals surface area contributed by atoms with Crippen molar-refractivity contribution in [1.82, 2.24) is 0 Å². The summed E-state index contributed by atoms with van der Waals surface area (Å²) >= 11 is 11.7. The molecule has 0 bridgehead atoms. The van der Waals surface area contributed by atoms with Gasteiger partial charge in [-0.1, -0.05) is 55.8 Å². The van der Waals surface area contributed by atoms with Gasteiger partial charge in [0.05, 0.1) is 11.6 Å². The van der Waals surface area contributed by atoms with Gasteiger partial charge in [0.2, 0.25) is 0 Å². The Labute approximate surface area is 146 Å². The van der Waals surface area contributed by atoms with Gasteiger partial charge in [-0.15, -0.1) is 0 Å². The largest absolute Gasteiger partial charge is 0.463 e. The lowest BCUT2D eigenvalue weighted by Gasteiger charge is -2.04. The van der Waals surface area contributed by atoms with Gasteiger partial charge in [-0.2, -0.15) is 0 Å². The lowest BCUT2D eigenvalue weighted by Crippen LogP contribution is -2.07. The average molecular weight is 359 g/mol. The number of unbranched alkanes of at least 4 members (excludes halogenated alkanes) is 4. The van der Waals surface area contributed by atoms with Crippen molar-refractivity contribution in [2.45, 2.75) is 39.0 Å². The van der Waals surface area contributed by atoms with Crippen LogP contribution in [-0.2, 0) is 14.3 Å². The van der Waals surface area contributed by atoms with Gasteiger partial charge in [-0.05, 0) is 18.6 Å². The van der Waals surface area contributed by atoms with Gasteiger partial charge in [0, 0.05) is 23.2 Å². The maximum absolute atomic E-state index is 11.6. The van der Waals surface area contributed by atoms with Crippen LogP contribution in [0.5, 0.6) is 5.75 Å². The third-order valence-corrected chi connectivity index (χ3v) is 3.50. The molecule has 4 nitrogen and oxygen atoms in total. The fourth-order valence-corrected chi connectivity index (χ4v) is 2.08. The van der Waals surface area contributed by atoms with Crippen molar-refractivity contribution in [1.29, 1.82) is 0 Å². The standard InChI is InChI=1S/C17H20Cl2O4/c1-2-3-4-5-6-11-22-16(20)9-10-17(21)23-15-12-13(18)7-8-14(15)19/h7-10,12H,2-6,11H2,1H3/b10-9+.